The van der Waals surface area contributed by atoms with Gasteiger partial charge in [0.05, 0.1) is 11.8 Å². The third-order valence-electron chi connectivity index (χ3n) is 3.10. The second-order valence-electron chi connectivity index (χ2n) is 4.57. The molecular formula is C15H21BrN2OS2. The molecule has 21 heavy (non-hydrogen) atoms. The highest BCUT2D eigenvalue weighted by Gasteiger charge is 2.12. The zero-order valence-electron chi connectivity index (χ0n) is 12.6. The number of halogens is 1. The van der Waals surface area contributed by atoms with Gasteiger partial charge in [-0.15, -0.1) is 0 Å². The molecule has 0 saturated carbocycles. The van der Waals surface area contributed by atoms with Gasteiger partial charge in [0.15, 0.2) is 0 Å². The van der Waals surface area contributed by atoms with Gasteiger partial charge in [0.25, 0.3) is 0 Å². The second kappa shape index (κ2) is 9.43. The van der Waals surface area contributed by atoms with E-state index in [0.29, 0.717) is 5.75 Å². The van der Waals surface area contributed by atoms with Gasteiger partial charge >= 0.3 is 0 Å². The fourth-order valence-electron chi connectivity index (χ4n) is 1.82. The normalized spacial score (nSPS) is 11.8. The minimum Gasteiger partial charge on any atom is -0.358 e. The summed E-state index contributed by atoms with van der Waals surface area (Å²) >= 11 is 10.1. The lowest BCUT2D eigenvalue weighted by Crippen LogP contribution is -2.31. The quantitative estimate of drug-likeness (QED) is 0.746. The van der Waals surface area contributed by atoms with E-state index in [9.17, 15) is 4.79 Å². The predicted octanol–water partition coefficient (Wildman–Crippen LogP) is 3.99. The van der Waals surface area contributed by atoms with Crippen molar-refractivity contribution in [1.29, 1.82) is 0 Å². The maximum Gasteiger partial charge on any atom is 0.230 e. The van der Waals surface area contributed by atoms with Crippen LogP contribution in [0.25, 0.3) is 0 Å². The van der Waals surface area contributed by atoms with Crippen LogP contribution in [-0.2, 0) is 4.79 Å². The van der Waals surface area contributed by atoms with Crippen LogP contribution in [0, 0.1) is 0 Å². The van der Waals surface area contributed by atoms with Crippen LogP contribution in [0.4, 0.5) is 0 Å². The van der Waals surface area contributed by atoms with Crippen LogP contribution in [0.1, 0.15) is 32.4 Å². The molecule has 3 nitrogen and oxygen atoms in total. The van der Waals surface area contributed by atoms with Crippen molar-refractivity contribution in [2.45, 2.75) is 26.8 Å². The summed E-state index contributed by atoms with van der Waals surface area (Å²) in [5.41, 5.74) is 1.09. The number of nitrogens with one attached hydrogen (secondary N) is 1. The summed E-state index contributed by atoms with van der Waals surface area (Å²) in [5.74, 6) is 0.362. The molecule has 0 aliphatic heterocycles. The molecule has 0 unspecified atom stereocenters. The molecule has 0 bridgehead atoms. The van der Waals surface area contributed by atoms with Crippen LogP contribution in [0.3, 0.4) is 0 Å². The first kappa shape index (κ1) is 18.5. The average Bonchev–Trinajstić information content (AvgIpc) is 2.47. The highest BCUT2D eigenvalue weighted by atomic mass is 79.9. The Balaban J connectivity index is 2.43. The first-order chi connectivity index (χ1) is 9.97. The Bertz CT molecular complexity index is 475. The largest absolute Gasteiger partial charge is 0.358 e. The molecule has 0 fully saturated rings. The van der Waals surface area contributed by atoms with Gasteiger partial charge in [0, 0.05) is 17.6 Å². The van der Waals surface area contributed by atoms with Gasteiger partial charge in [0.1, 0.15) is 4.32 Å². The first-order valence-corrected chi connectivity index (χ1v) is 9.13. The van der Waals surface area contributed by atoms with Gasteiger partial charge in [0.2, 0.25) is 5.91 Å². The molecule has 0 aliphatic carbocycles. The number of rotatable bonds is 6. The van der Waals surface area contributed by atoms with E-state index in [1.807, 2.05) is 31.2 Å². The van der Waals surface area contributed by atoms with Crippen molar-refractivity contribution in [2.24, 2.45) is 0 Å². The Labute approximate surface area is 145 Å². The van der Waals surface area contributed by atoms with Crippen LogP contribution in [-0.4, -0.2) is 34.0 Å². The minimum atomic E-state index is -0.00627. The smallest absolute Gasteiger partial charge is 0.230 e. The van der Waals surface area contributed by atoms with E-state index in [1.54, 1.807) is 0 Å². The zero-order chi connectivity index (χ0) is 15.8. The maximum atomic E-state index is 12.0. The van der Waals surface area contributed by atoms with Gasteiger partial charge in [-0.1, -0.05) is 52.0 Å². The molecule has 0 radical (unpaired) electrons. The monoisotopic (exact) mass is 388 g/mol. The molecule has 1 N–H and O–H groups in total. The number of amides is 1. The number of hydrogen-bond acceptors (Lipinski definition) is 3. The van der Waals surface area contributed by atoms with Crippen molar-refractivity contribution < 1.29 is 4.79 Å². The van der Waals surface area contributed by atoms with Crippen LogP contribution < -0.4 is 5.32 Å². The number of thioether (sulfide) groups is 1. The van der Waals surface area contributed by atoms with Crippen molar-refractivity contribution in [3.8, 4) is 0 Å². The van der Waals surface area contributed by atoms with Crippen molar-refractivity contribution in [3.63, 3.8) is 0 Å². The first-order valence-electron chi connectivity index (χ1n) is 6.94. The Morgan fingerprint density at radius 3 is 2.43 bits per heavy atom. The van der Waals surface area contributed by atoms with E-state index in [2.05, 4.69) is 40.0 Å². The van der Waals surface area contributed by atoms with Gasteiger partial charge < -0.3 is 10.2 Å². The summed E-state index contributed by atoms with van der Waals surface area (Å²) in [5, 5.41) is 2.99. The summed E-state index contributed by atoms with van der Waals surface area (Å²) in [7, 11) is 0. The molecule has 1 aromatic carbocycles. The van der Waals surface area contributed by atoms with Crippen LogP contribution in [0.5, 0.6) is 0 Å². The van der Waals surface area contributed by atoms with Gasteiger partial charge in [-0.05, 0) is 38.5 Å². The minimum absolute atomic E-state index is 0.00456. The molecule has 0 spiro atoms. The molecule has 0 aromatic heterocycles. The highest BCUT2D eigenvalue weighted by molar-refractivity contribution is 9.10. The third-order valence-corrected chi connectivity index (χ3v) is 5.15. The maximum absolute atomic E-state index is 12.0. The lowest BCUT2D eigenvalue weighted by molar-refractivity contribution is -0.119. The Hall–Kier alpha value is -0.590. The molecule has 1 rings (SSSR count). The molecule has 0 aliphatic rings. The molecule has 0 saturated heterocycles. The van der Waals surface area contributed by atoms with E-state index < -0.39 is 0 Å². The topological polar surface area (TPSA) is 32.3 Å². The van der Waals surface area contributed by atoms with Crippen molar-refractivity contribution in [2.75, 3.05) is 18.8 Å². The summed E-state index contributed by atoms with van der Waals surface area (Å²) in [4.78, 5) is 14.1. The Morgan fingerprint density at radius 2 is 1.90 bits per heavy atom. The lowest BCUT2D eigenvalue weighted by Gasteiger charge is -2.21. The number of benzene rings is 1. The van der Waals surface area contributed by atoms with Gasteiger partial charge in [-0.3, -0.25) is 4.79 Å². The number of thiocarbonyl (C=S) groups is 1. The SMILES string of the molecule is CCN(CC)C(=S)SCC(=O)N[C@H](C)c1ccc(Br)cc1. The van der Waals surface area contributed by atoms with Crippen LogP contribution in [0.2, 0.25) is 0 Å². The summed E-state index contributed by atoms with van der Waals surface area (Å²) in [6, 6.07) is 7.95. The number of nitrogens with zero attached hydrogens (tertiary/aromatic N) is 1. The summed E-state index contributed by atoms with van der Waals surface area (Å²) in [6.07, 6.45) is 0. The Morgan fingerprint density at radius 1 is 1.33 bits per heavy atom. The Kier molecular flexibility index (Phi) is 8.29. The molecule has 1 aromatic rings. The standard InChI is InChI=1S/C15H21BrN2OS2/c1-4-18(5-2)15(20)21-10-14(19)17-11(3)12-6-8-13(16)9-7-12/h6-9,11H,4-5,10H2,1-3H3,(H,17,19)/t11-/m1/s1. The number of carbonyl (C=O) groups is 1. The van der Waals surface area contributed by atoms with Gasteiger partial charge in [-0.2, -0.15) is 0 Å². The fourth-order valence-corrected chi connectivity index (χ4v) is 3.30. The van der Waals surface area contributed by atoms with E-state index in [1.165, 1.54) is 11.8 Å². The van der Waals surface area contributed by atoms with Gasteiger partial charge in [-0.25, -0.2) is 0 Å². The summed E-state index contributed by atoms with van der Waals surface area (Å²) < 4.78 is 1.82. The predicted molar refractivity (Wildman–Crippen MR) is 98.7 cm³/mol. The van der Waals surface area contributed by atoms with E-state index >= 15 is 0 Å². The molecule has 1 amide bonds. The second-order valence-corrected chi connectivity index (χ2v) is 7.09. The fraction of sp³-hybridized carbons (Fsp3) is 0.467. The van der Waals surface area contributed by atoms with Crippen molar-refractivity contribution in [1.82, 2.24) is 10.2 Å². The zero-order valence-corrected chi connectivity index (χ0v) is 15.8. The van der Waals surface area contributed by atoms with E-state index in [0.717, 1.165) is 27.4 Å². The average molecular weight is 389 g/mol. The third kappa shape index (κ3) is 6.36. The molecule has 0 heterocycles. The lowest BCUT2D eigenvalue weighted by atomic mass is 10.1. The molecule has 1 atom stereocenters. The molecular weight excluding hydrogens is 368 g/mol. The van der Waals surface area contributed by atoms with E-state index in [4.69, 9.17) is 12.2 Å². The van der Waals surface area contributed by atoms with Crippen molar-refractivity contribution in [3.05, 3.63) is 34.3 Å². The number of hydrogen-bond donors (Lipinski definition) is 1. The highest BCUT2D eigenvalue weighted by Crippen LogP contribution is 2.17. The number of carbonyl (C=O) groups excluding carboxylic acids is 1. The molecule has 116 valence electrons. The van der Waals surface area contributed by atoms with Crippen molar-refractivity contribution >= 4 is 50.1 Å². The van der Waals surface area contributed by atoms with Crippen LogP contribution >= 0.6 is 39.9 Å². The van der Waals surface area contributed by atoms with E-state index in [-0.39, 0.29) is 11.9 Å². The molecule has 6 heteroatoms. The summed E-state index contributed by atoms with van der Waals surface area (Å²) in [6.45, 7) is 7.85. The van der Waals surface area contributed by atoms with Crippen LogP contribution in [0.15, 0.2) is 28.7 Å².